The van der Waals surface area contributed by atoms with Crippen molar-refractivity contribution in [2.45, 2.75) is 13.8 Å². The summed E-state index contributed by atoms with van der Waals surface area (Å²) < 4.78 is 0. The highest BCUT2D eigenvalue weighted by molar-refractivity contribution is 6.53. The van der Waals surface area contributed by atoms with Crippen LogP contribution in [0.3, 0.4) is 0 Å². The summed E-state index contributed by atoms with van der Waals surface area (Å²) in [7, 11) is 0. The van der Waals surface area contributed by atoms with Gasteiger partial charge in [-0.1, -0.05) is 29.3 Å². The van der Waals surface area contributed by atoms with Crippen LogP contribution in [0.5, 0.6) is 0 Å². The Morgan fingerprint density at radius 2 is 1.40 bits per heavy atom. The van der Waals surface area contributed by atoms with E-state index in [1.165, 1.54) is 13.0 Å². The first kappa shape index (κ1) is 24.2. The monoisotopic (exact) mass is 507 g/mol. The molecule has 7 nitrogen and oxygen atoms in total. The van der Waals surface area contributed by atoms with E-state index in [0.29, 0.717) is 38.8 Å². The van der Waals surface area contributed by atoms with Gasteiger partial charge in [0.15, 0.2) is 5.78 Å². The molecule has 0 aromatic heterocycles. The number of benzene rings is 3. The zero-order valence-electron chi connectivity index (χ0n) is 18.7. The molecular weight excluding hydrogens is 489 g/mol. The summed E-state index contributed by atoms with van der Waals surface area (Å²) in [5, 5.41) is 5.77. The fourth-order valence-electron chi connectivity index (χ4n) is 3.49. The van der Waals surface area contributed by atoms with Gasteiger partial charge in [0.1, 0.15) is 10.7 Å². The van der Waals surface area contributed by atoms with Crippen LogP contribution in [0.4, 0.5) is 17.1 Å². The van der Waals surface area contributed by atoms with E-state index in [-0.39, 0.29) is 22.4 Å². The topological polar surface area (TPSA) is 95.6 Å². The molecule has 1 aliphatic rings. The van der Waals surface area contributed by atoms with Gasteiger partial charge in [0.25, 0.3) is 17.7 Å². The third-order valence-corrected chi connectivity index (χ3v) is 5.99. The molecule has 1 aliphatic heterocycles. The Balaban J connectivity index is 1.47. The molecule has 0 fully saturated rings. The number of amides is 3. The first-order valence-electron chi connectivity index (χ1n) is 10.5. The van der Waals surface area contributed by atoms with Crippen molar-refractivity contribution in [3.8, 4) is 0 Å². The quantitative estimate of drug-likeness (QED) is 0.337. The number of carbonyl (C=O) groups is 4. The van der Waals surface area contributed by atoms with Crippen molar-refractivity contribution < 1.29 is 19.2 Å². The van der Waals surface area contributed by atoms with Crippen LogP contribution < -0.4 is 15.5 Å². The predicted octanol–water partition coefficient (Wildman–Crippen LogP) is 5.54. The molecule has 0 saturated carbocycles. The highest BCUT2D eigenvalue weighted by Crippen LogP contribution is 2.33. The number of carbonyl (C=O) groups excluding carboxylic acids is 4. The number of imide groups is 1. The van der Waals surface area contributed by atoms with E-state index in [0.717, 1.165) is 4.90 Å². The lowest BCUT2D eigenvalue weighted by molar-refractivity contribution is -0.120. The van der Waals surface area contributed by atoms with Crippen LogP contribution in [0.25, 0.3) is 0 Å². The summed E-state index contributed by atoms with van der Waals surface area (Å²) in [5.41, 5.74) is 2.90. The first-order valence-corrected chi connectivity index (χ1v) is 11.3. The summed E-state index contributed by atoms with van der Waals surface area (Å²) >= 11 is 12.2. The molecule has 0 atom stereocenters. The van der Waals surface area contributed by atoms with Gasteiger partial charge in [-0.25, -0.2) is 4.90 Å². The lowest BCUT2D eigenvalue weighted by Gasteiger charge is -2.17. The van der Waals surface area contributed by atoms with E-state index in [2.05, 4.69) is 10.6 Å². The number of halogens is 2. The fourth-order valence-corrected chi connectivity index (χ4v) is 3.87. The Labute approximate surface area is 211 Å². The zero-order chi connectivity index (χ0) is 25.3. The second-order valence-electron chi connectivity index (χ2n) is 7.86. The molecule has 3 aromatic carbocycles. The Kier molecular flexibility index (Phi) is 6.73. The van der Waals surface area contributed by atoms with Crippen molar-refractivity contribution in [1.82, 2.24) is 0 Å². The van der Waals surface area contributed by atoms with Gasteiger partial charge in [0.05, 0.1) is 5.69 Å². The molecule has 3 aromatic rings. The minimum atomic E-state index is -0.656. The Morgan fingerprint density at radius 1 is 0.800 bits per heavy atom. The molecule has 4 rings (SSSR count). The largest absolute Gasteiger partial charge is 0.350 e. The van der Waals surface area contributed by atoms with Crippen molar-refractivity contribution in [3.63, 3.8) is 0 Å². The number of nitrogens with one attached hydrogen (secondary N) is 2. The van der Waals surface area contributed by atoms with Crippen LogP contribution in [0, 0.1) is 6.92 Å². The third-order valence-electron chi connectivity index (χ3n) is 5.41. The van der Waals surface area contributed by atoms with Gasteiger partial charge in [0.2, 0.25) is 0 Å². The lowest BCUT2D eigenvalue weighted by Crippen LogP contribution is -2.32. The highest BCUT2D eigenvalue weighted by atomic mass is 35.5. The molecule has 0 bridgehead atoms. The summed E-state index contributed by atoms with van der Waals surface area (Å²) in [6.07, 6.45) is 0. The van der Waals surface area contributed by atoms with Gasteiger partial charge in [-0.15, -0.1) is 0 Å². The number of anilines is 3. The highest BCUT2D eigenvalue weighted by Gasteiger charge is 2.39. The lowest BCUT2D eigenvalue weighted by atomic mass is 10.1. The number of nitrogens with zero attached hydrogens (tertiary/aromatic N) is 1. The van der Waals surface area contributed by atoms with Crippen LogP contribution in [0.15, 0.2) is 77.5 Å². The summed E-state index contributed by atoms with van der Waals surface area (Å²) in [6, 6.07) is 17.8. The zero-order valence-corrected chi connectivity index (χ0v) is 20.2. The van der Waals surface area contributed by atoms with Crippen LogP contribution in [-0.4, -0.2) is 23.5 Å². The average Bonchev–Trinajstić information content (AvgIpc) is 3.04. The summed E-state index contributed by atoms with van der Waals surface area (Å²) in [5.74, 6) is -1.67. The average molecular weight is 508 g/mol. The molecule has 176 valence electrons. The minimum absolute atomic E-state index is 0.0607. The fraction of sp³-hybridized carbons (Fsp3) is 0.0769. The number of hydrogen-bond acceptors (Lipinski definition) is 5. The standard InChI is InChI=1S/C26H19Cl2N3O4/c1-14-3-8-18(27)13-21(14)31-25(34)22(28)23(26(31)35)29-19-11-6-17(7-12-19)24(33)30-20-9-4-16(5-10-20)15(2)32/h3-13,29H,1-2H3,(H,30,33). The summed E-state index contributed by atoms with van der Waals surface area (Å²) in [4.78, 5) is 50.6. The normalized spacial score (nSPS) is 13.3. The van der Waals surface area contributed by atoms with Crippen molar-refractivity contribution in [2.75, 3.05) is 15.5 Å². The molecule has 2 N–H and O–H groups in total. The van der Waals surface area contributed by atoms with E-state index in [1.54, 1.807) is 67.6 Å². The maximum Gasteiger partial charge on any atom is 0.283 e. The number of ketones is 1. The molecule has 0 radical (unpaired) electrons. The van der Waals surface area contributed by atoms with Crippen molar-refractivity contribution in [3.05, 3.63) is 99.2 Å². The molecule has 1 heterocycles. The van der Waals surface area contributed by atoms with E-state index < -0.39 is 11.8 Å². The van der Waals surface area contributed by atoms with Crippen LogP contribution in [0.1, 0.15) is 33.2 Å². The van der Waals surface area contributed by atoms with Crippen molar-refractivity contribution in [2.24, 2.45) is 0 Å². The van der Waals surface area contributed by atoms with E-state index in [9.17, 15) is 19.2 Å². The molecule has 9 heteroatoms. The van der Waals surface area contributed by atoms with Gasteiger partial charge >= 0.3 is 0 Å². The third kappa shape index (κ3) is 4.96. The molecule has 0 spiro atoms. The number of hydrogen-bond donors (Lipinski definition) is 2. The molecule has 35 heavy (non-hydrogen) atoms. The smallest absolute Gasteiger partial charge is 0.283 e. The first-order chi connectivity index (χ1) is 16.7. The van der Waals surface area contributed by atoms with Crippen LogP contribution in [-0.2, 0) is 9.59 Å². The molecular formula is C26H19Cl2N3O4. The van der Waals surface area contributed by atoms with Gasteiger partial charge in [-0.3, -0.25) is 19.2 Å². The van der Waals surface area contributed by atoms with Gasteiger partial charge < -0.3 is 10.6 Å². The SMILES string of the molecule is CC(=O)c1ccc(NC(=O)c2ccc(NC3=C(Cl)C(=O)N(c4cc(Cl)ccc4C)C3=O)cc2)cc1. The second-order valence-corrected chi connectivity index (χ2v) is 8.67. The number of Topliss-reactive ketones (excluding diaryl/α,β-unsaturated/α-hetero) is 1. The van der Waals surface area contributed by atoms with E-state index in [4.69, 9.17) is 23.2 Å². The Bertz CT molecular complexity index is 1400. The minimum Gasteiger partial charge on any atom is -0.350 e. The van der Waals surface area contributed by atoms with E-state index >= 15 is 0 Å². The molecule has 0 saturated heterocycles. The second kappa shape index (κ2) is 9.74. The predicted molar refractivity (Wildman–Crippen MR) is 136 cm³/mol. The van der Waals surface area contributed by atoms with Gasteiger partial charge in [-0.05, 0) is 80.1 Å². The Hall–Kier alpha value is -3.94. The maximum absolute atomic E-state index is 13.0. The molecule has 0 aliphatic carbocycles. The maximum atomic E-state index is 13.0. The van der Waals surface area contributed by atoms with Crippen LogP contribution in [0.2, 0.25) is 5.02 Å². The summed E-state index contributed by atoms with van der Waals surface area (Å²) in [6.45, 7) is 3.23. The van der Waals surface area contributed by atoms with Crippen LogP contribution >= 0.6 is 23.2 Å². The molecule has 0 unspecified atom stereocenters. The van der Waals surface area contributed by atoms with Gasteiger partial charge in [-0.2, -0.15) is 0 Å². The number of rotatable bonds is 6. The van der Waals surface area contributed by atoms with Gasteiger partial charge in [0, 0.05) is 27.5 Å². The Morgan fingerprint density at radius 3 is 2.03 bits per heavy atom. The number of aryl methyl sites for hydroxylation is 1. The van der Waals surface area contributed by atoms with E-state index in [1.807, 2.05) is 0 Å². The van der Waals surface area contributed by atoms with Crippen molar-refractivity contribution >= 4 is 63.8 Å². The van der Waals surface area contributed by atoms with Crippen molar-refractivity contribution in [1.29, 1.82) is 0 Å². The molecule has 3 amide bonds.